The number of thioether (sulfide) groups is 1. The number of halogens is 2. The van der Waals surface area contributed by atoms with Crippen molar-refractivity contribution in [1.82, 2.24) is 0 Å². The number of Topliss-reactive ketones (excluding diaryl/α,β-unsaturated/α-hetero) is 1. The zero-order valence-corrected chi connectivity index (χ0v) is 9.62. The van der Waals surface area contributed by atoms with Crippen molar-refractivity contribution in [3.8, 4) is 0 Å². The predicted molar refractivity (Wildman–Crippen MR) is 58.3 cm³/mol. The summed E-state index contributed by atoms with van der Waals surface area (Å²) in [7, 11) is 0. The van der Waals surface area contributed by atoms with E-state index in [0.717, 1.165) is 12.1 Å². The average molecular weight is 230 g/mol. The molecule has 15 heavy (non-hydrogen) atoms. The van der Waals surface area contributed by atoms with Gasteiger partial charge < -0.3 is 0 Å². The van der Waals surface area contributed by atoms with Gasteiger partial charge in [-0.3, -0.25) is 4.79 Å². The molecule has 0 radical (unpaired) electrons. The summed E-state index contributed by atoms with van der Waals surface area (Å²) in [5.74, 6) is -1.80. The summed E-state index contributed by atoms with van der Waals surface area (Å²) < 4.78 is 25.2. The lowest BCUT2D eigenvalue weighted by atomic mass is 10.00. The van der Waals surface area contributed by atoms with Crippen LogP contribution in [-0.2, 0) is 0 Å². The Kier molecular flexibility index (Phi) is 3.50. The molecule has 1 aromatic carbocycles. The molecular weight excluding hydrogens is 218 g/mol. The Morgan fingerprint density at radius 2 is 1.93 bits per heavy atom. The van der Waals surface area contributed by atoms with Crippen molar-refractivity contribution in [3.05, 3.63) is 35.4 Å². The molecule has 0 saturated heterocycles. The summed E-state index contributed by atoms with van der Waals surface area (Å²) in [6, 6.07) is 3.00. The monoisotopic (exact) mass is 230 g/mol. The molecule has 4 heteroatoms. The molecule has 0 unspecified atom stereocenters. The highest BCUT2D eigenvalue weighted by Crippen LogP contribution is 2.27. The van der Waals surface area contributed by atoms with Crippen molar-refractivity contribution in [2.75, 3.05) is 6.26 Å². The minimum Gasteiger partial charge on any atom is -0.293 e. The fourth-order valence-corrected chi connectivity index (χ4v) is 1.39. The normalized spacial score (nSPS) is 11.5. The third-order valence-corrected chi connectivity index (χ3v) is 3.44. The van der Waals surface area contributed by atoms with Gasteiger partial charge in [0, 0.05) is 6.07 Å². The van der Waals surface area contributed by atoms with E-state index in [-0.39, 0.29) is 11.3 Å². The van der Waals surface area contributed by atoms with Gasteiger partial charge in [-0.15, -0.1) is 0 Å². The maximum Gasteiger partial charge on any atom is 0.181 e. The van der Waals surface area contributed by atoms with E-state index in [1.807, 2.05) is 0 Å². The third kappa shape index (κ3) is 2.56. The molecule has 0 amide bonds. The van der Waals surface area contributed by atoms with Crippen LogP contribution in [0, 0.1) is 11.6 Å². The Labute approximate surface area is 91.9 Å². The molecule has 0 aliphatic rings. The number of carbonyl (C=O) groups is 1. The quantitative estimate of drug-likeness (QED) is 0.741. The first-order valence-electron chi connectivity index (χ1n) is 4.43. The number of ketones is 1. The second kappa shape index (κ2) is 4.31. The van der Waals surface area contributed by atoms with Crippen LogP contribution >= 0.6 is 11.8 Å². The van der Waals surface area contributed by atoms with Crippen molar-refractivity contribution in [1.29, 1.82) is 0 Å². The van der Waals surface area contributed by atoms with Crippen LogP contribution in [0.5, 0.6) is 0 Å². The van der Waals surface area contributed by atoms with Gasteiger partial charge in [-0.2, -0.15) is 11.8 Å². The van der Waals surface area contributed by atoms with Crippen molar-refractivity contribution in [2.24, 2.45) is 0 Å². The van der Waals surface area contributed by atoms with Crippen LogP contribution in [0.15, 0.2) is 18.2 Å². The number of carbonyl (C=O) groups excluding carboxylic acids is 1. The molecule has 0 aliphatic carbocycles. The molecule has 1 aromatic rings. The van der Waals surface area contributed by atoms with Gasteiger partial charge in [-0.1, -0.05) is 0 Å². The molecule has 0 saturated carbocycles. The van der Waals surface area contributed by atoms with Crippen molar-refractivity contribution >= 4 is 17.5 Å². The van der Waals surface area contributed by atoms with E-state index in [9.17, 15) is 13.6 Å². The van der Waals surface area contributed by atoms with Crippen LogP contribution < -0.4 is 0 Å². The van der Waals surface area contributed by atoms with E-state index >= 15 is 0 Å². The predicted octanol–water partition coefficient (Wildman–Crippen LogP) is 3.29. The Hall–Kier alpha value is -0.900. The number of hydrogen-bond acceptors (Lipinski definition) is 2. The highest BCUT2D eigenvalue weighted by molar-refractivity contribution is 8.00. The van der Waals surface area contributed by atoms with E-state index in [2.05, 4.69) is 0 Å². The zero-order valence-electron chi connectivity index (χ0n) is 8.80. The smallest absolute Gasteiger partial charge is 0.181 e. The second-order valence-electron chi connectivity index (χ2n) is 3.67. The Morgan fingerprint density at radius 3 is 2.40 bits per heavy atom. The Balaban J connectivity index is 3.12. The molecule has 0 fully saturated rings. The summed E-state index contributed by atoms with van der Waals surface area (Å²) in [6.07, 6.45) is 1.78. The minimum absolute atomic E-state index is 0.0595. The van der Waals surface area contributed by atoms with Gasteiger partial charge in [-0.05, 0) is 32.2 Å². The molecule has 0 aromatic heterocycles. The first-order valence-corrected chi connectivity index (χ1v) is 5.66. The van der Waals surface area contributed by atoms with Crippen molar-refractivity contribution in [2.45, 2.75) is 18.6 Å². The Morgan fingerprint density at radius 1 is 1.33 bits per heavy atom. The molecule has 82 valence electrons. The fraction of sp³-hybridized carbons (Fsp3) is 0.364. The largest absolute Gasteiger partial charge is 0.293 e. The number of benzene rings is 1. The standard InChI is InChI=1S/C11H12F2OS/c1-11(2,15-3)10(14)8-5-4-7(12)6-9(8)13/h4-6H,1-3H3. The van der Waals surface area contributed by atoms with Crippen molar-refractivity contribution < 1.29 is 13.6 Å². The van der Waals surface area contributed by atoms with E-state index in [1.54, 1.807) is 20.1 Å². The molecule has 0 aliphatic heterocycles. The average Bonchev–Trinajstić information content (AvgIpc) is 2.17. The molecule has 0 N–H and O–H groups in total. The van der Waals surface area contributed by atoms with Gasteiger partial charge in [0.05, 0.1) is 10.3 Å². The van der Waals surface area contributed by atoms with Gasteiger partial charge in [-0.25, -0.2) is 8.78 Å². The lowest BCUT2D eigenvalue weighted by Gasteiger charge is -2.20. The summed E-state index contributed by atoms with van der Waals surface area (Å²) in [5, 5.41) is 0. The minimum atomic E-state index is -0.804. The molecule has 0 atom stereocenters. The van der Waals surface area contributed by atoms with Gasteiger partial charge in [0.25, 0.3) is 0 Å². The summed E-state index contributed by atoms with van der Waals surface area (Å²) in [5.41, 5.74) is -0.0595. The lowest BCUT2D eigenvalue weighted by Crippen LogP contribution is -2.28. The van der Waals surface area contributed by atoms with E-state index in [0.29, 0.717) is 0 Å². The molecule has 0 bridgehead atoms. The van der Waals surface area contributed by atoms with E-state index in [1.165, 1.54) is 17.8 Å². The Bertz CT molecular complexity index is 388. The molecule has 0 spiro atoms. The first-order chi connectivity index (χ1) is 6.88. The molecule has 1 nitrogen and oxygen atoms in total. The topological polar surface area (TPSA) is 17.1 Å². The molecule has 1 rings (SSSR count). The van der Waals surface area contributed by atoms with Crippen molar-refractivity contribution in [3.63, 3.8) is 0 Å². The van der Waals surface area contributed by atoms with E-state index < -0.39 is 16.4 Å². The van der Waals surface area contributed by atoms with Gasteiger partial charge in [0.15, 0.2) is 5.78 Å². The van der Waals surface area contributed by atoms with Crippen LogP contribution in [0.4, 0.5) is 8.78 Å². The summed E-state index contributed by atoms with van der Waals surface area (Å²) >= 11 is 1.33. The molecular formula is C11H12F2OS. The number of rotatable bonds is 3. The van der Waals surface area contributed by atoms with Gasteiger partial charge in [0.1, 0.15) is 11.6 Å². The van der Waals surface area contributed by atoms with Crippen LogP contribution in [0.25, 0.3) is 0 Å². The summed E-state index contributed by atoms with van der Waals surface area (Å²) in [4.78, 5) is 11.8. The third-order valence-electron chi connectivity index (χ3n) is 2.23. The van der Waals surface area contributed by atoms with Gasteiger partial charge in [0.2, 0.25) is 0 Å². The maximum absolute atomic E-state index is 13.3. The second-order valence-corrected chi connectivity index (χ2v) is 5.10. The van der Waals surface area contributed by atoms with Crippen LogP contribution in [0.1, 0.15) is 24.2 Å². The zero-order chi connectivity index (χ0) is 11.6. The molecule has 0 heterocycles. The highest BCUT2D eigenvalue weighted by atomic mass is 32.2. The maximum atomic E-state index is 13.3. The lowest BCUT2D eigenvalue weighted by molar-refractivity contribution is 0.0954. The fourth-order valence-electron chi connectivity index (χ4n) is 1.09. The SMILES string of the molecule is CSC(C)(C)C(=O)c1ccc(F)cc1F. The summed E-state index contributed by atoms with van der Waals surface area (Å²) in [6.45, 7) is 3.42. The first kappa shape index (κ1) is 12.2. The highest BCUT2D eigenvalue weighted by Gasteiger charge is 2.29. The van der Waals surface area contributed by atoms with E-state index in [4.69, 9.17) is 0 Å². The van der Waals surface area contributed by atoms with Crippen LogP contribution in [-0.4, -0.2) is 16.8 Å². The number of hydrogen-bond donors (Lipinski definition) is 0. The van der Waals surface area contributed by atoms with Crippen LogP contribution in [0.3, 0.4) is 0 Å². The van der Waals surface area contributed by atoms with Gasteiger partial charge >= 0.3 is 0 Å². The van der Waals surface area contributed by atoms with Crippen LogP contribution in [0.2, 0.25) is 0 Å².